The maximum absolute atomic E-state index is 13.4. The summed E-state index contributed by atoms with van der Waals surface area (Å²) in [4.78, 5) is 19.8. The molecule has 0 aliphatic heterocycles. The number of fused-ring (bicyclic) bond motifs is 1. The summed E-state index contributed by atoms with van der Waals surface area (Å²) in [7, 11) is 3.23. The fraction of sp³-hybridized carbons (Fsp3) is 0.130. The van der Waals surface area contributed by atoms with E-state index in [9.17, 15) is 4.79 Å². The van der Waals surface area contributed by atoms with Crippen molar-refractivity contribution in [2.45, 2.75) is 6.54 Å². The summed E-state index contributed by atoms with van der Waals surface area (Å²) >= 11 is 1.42. The summed E-state index contributed by atoms with van der Waals surface area (Å²) in [5.74, 6) is 1.25. The zero-order valence-corrected chi connectivity index (χ0v) is 17.0. The van der Waals surface area contributed by atoms with E-state index in [1.807, 2.05) is 72.8 Å². The Balaban J connectivity index is 1.83. The second kappa shape index (κ2) is 8.32. The van der Waals surface area contributed by atoms with Crippen molar-refractivity contribution in [2.75, 3.05) is 19.1 Å². The van der Waals surface area contributed by atoms with Gasteiger partial charge in [0.05, 0.1) is 20.8 Å². The average Bonchev–Trinajstić information content (AvgIpc) is 3.23. The minimum atomic E-state index is -0.105. The van der Waals surface area contributed by atoms with Crippen LogP contribution >= 0.6 is 11.3 Å². The van der Waals surface area contributed by atoms with Crippen molar-refractivity contribution < 1.29 is 14.3 Å². The number of carbonyl (C=O) groups is 1. The maximum Gasteiger partial charge on any atom is 0.260 e. The standard InChI is InChI=1S/C23H20N2O3S/c1-27-18-13-14-19(28-2)21-20(18)24-23(29-21)25(15-16-9-5-3-6-10-16)22(26)17-11-7-4-8-12-17/h3-14H,15H2,1-2H3. The molecule has 6 heteroatoms. The predicted octanol–water partition coefficient (Wildman–Crippen LogP) is 5.16. The predicted molar refractivity (Wildman–Crippen MR) is 116 cm³/mol. The third-order valence-corrected chi connectivity index (χ3v) is 5.67. The van der Waals surface area contributed by atoms with E-state index in [2.05, 4.69) is 0 Å². The number of nitrogens with zero attached hydrogens (tertiary/aromatic N) is 2. The van der Waals surface area contributed by atoms with Gasteiger partial charge in [0.2, 0.25) is 0 Å². The van der Waals surface area contributed by atoms with Crippen LogP contribution in [0.2, 0.25) is 0 Å². The summed E-state index contributed by atoms with van der Waals surface area (Å²) in [6.07, 6.45) is 0. The zero-order chi connectivity index (χ0) is 20.2. The number of ether oxygens (including phenoxy) is 2. The molecule has 146 valence electrons. The normalized spacial score (nSPS) is 10.7. The van der Waals surface area contributed by atoms with E-state index in [-0.39, 0.29) is 5.91 Å². The van der Waals surface area contributed by atoms with Crippen LogP contribution in [0.4, 0.5) is 5.13 Å². The first-order valence-electron chi connectivity index (χ1n) is 9.13. The van der Waals surface area contributed by atoms with Crippen molar-refractivity contribution in [3.8, 4) is 11.5 Å². The fourth-order valence-electron chi connectivity index (χ4n) is 3.12. The second-order valence-corrected chi connectivity index (χ2v) is 7.36. The topological polar surface area (TPSA) is 51.7 Å². The molecule has 0 saturated heterocycles. The van der Waals surface area contributed by atoms with Gasteiger partial charge >= 0.3 is 0 Å². The van der Waals surface area contributed by atoms with Crippen LogP contribution in [0.5, 0.6) is 11.5 Å². The third kappa shape index (κ3) is 3.79. The molecule has 0 atom stereocenters. The first-order valence-corrected chi connectivity index (χ1v) is 9.95. The highest BCUT2D eigenvalue weighted by molar-refractivity contribution is 7.22. The van der Waals surface area contributed by atoms with Gasteiger partial charge in [-0.3, -0.25) is 9.69 Å². The first kappa shape index (κ1) is 19.0. The van der Waals surface area contributed by atoms with Crippen molar-refractivity contribution in [3.05, 3.63) is 83.9 Å². The van der Waals surface area contributed by atoms with Crippen LogP contribution in [0.3, 0.4) is 0 Å². The monoisotopic (exact) mass is 404 g/mol. The van der Waals surface area contributed by atoms with Crippen molar-refractivity contribution in [1.29, 1.82) is 0 Å². The maximum atomic E-state index is 13.4. The van der Waals surface area contributed by atoms with Gasteiger partial charge in [0.25, 0.3) is 5.91 Å². The van der Waals surface area contributed by atoms with Crippen LogP contribution in [0.1, 0.15) is 15.9 Å². The van der Waals surface area contributed by atoms with Gasteiger partial charge in [-0.1, -0.05) is 59.9 Å². The Labute approximate surface area is 173 Å². The molecule has 1 aromatic heterocycles. The number of hydrogen-bond acceptors (Lipinski definition) is 5. The number of amides is 1. The molecule has 0 fully saturated rings. The molecule has 0 N–H and O–H groups in total. The molecular weight excluding hydrogens is 384 g/mol. The molecule has 5 nitrogen and oxygen atoms in total. The van der Waals surface area contributed by atoms with Crippen LogP contribution in [-0.4, -0.2) is 25.1 Å². The molecule has 29 heavy (non-hydrogen) atoms. The number of anilines is 1. The highest BCUT2D eigenvalue weighted by atomic mass is 32.1. The van der Waals surface area contributed by atoms with Crippen molar-refractivity contribution in [2.24, 2.45) is 0 Å². The van der Waals surface area contributed by atoms with E-state index in [4.69, 9.17) is 14.5 Å². The lowest BCUT2D eigenvalue weighted by atomic mass is 10.1. The van der Waals surface area contributed by atoms with Crippen LogP contribution in [-0.2, 0) is 6.54 Å². The molecule has 0 spiro atoms. The number of carbonyl (C=O) groups excluding carboxylic acids is 1. The largest absolute Gasteiger partial charge is 0.495 e. The summed E-state index contributed by atoms with van der Waals surface area (Å²) in [5.41, 5.74) is 2.32. The van der Waals surface area contributed by atoms with Gasteiger partial charge < -0.3 is 9.47 Å². The summed E-state index contributed by atoms with van der Waals surface area (Å²) < 4.78 is 11.8. The molecular formula is C23H20N2O3S. The SMILES string of the molecule is COc1ccc(OC)c2sc(N(Cc3ccccc3)C(=O)c3ccccc3)nc12. The third-order valence-electron chi connectivity index (χ3n) is 4.58. The minimum absolute atomic E-state index is 0.105. The summed E-state index contributed by atoms with van der Waals surface area (Å²) in [6.45, 7) is 0.416. The van der Waals surface area contributed by atoms with Crippen LogP contribution in [0.25, 0.3) is 10.2 Å². The Kier molecular flexibility index (Phi) is 5.44. The van der Waals surface area contributed by atoms with E-state index in [0.29, 0.717) is 34.3 Å². The fourth-order valence-corrected chi connectivity index (χ4v) is 4.19. The van der Waals surface area contributed by atoms with Gasteiger partial charge in [0, 0.05) is 5.56 Å². The quantitative estimate of drug-likeness (QED) is 0.445. The molecule has 4 aromatic rings. The highest BCUT2D eigenvalue weighted by Crippen LogP contribution is 2.40. The van der Waals surface area contributed by atoms with E-state index >= 15 is 0 Å². The van der Waals surface area contributed by atoms with Crippen molar-refractivity contribution in [1.82, 2.24) is 4.98 Å². The molecule has 4 rings (SSSR count). The number of benzene rings is 3. The molecule has 0 aliphatic rings. The lowest BCUT2D eigenvalue weighted by molar-refractivity contribution is 0.0985. The lowest BCUT2D eigenvalue weighted by Crippen LogP contribution is -2.30. The smallest absolute Gasteiger partial charge is 0.260 e. The Morgan fingerprint density at radius 1 is 0.897 bits per heavy atom. The molecule has 0 saturated carbocycles. The highest BCUT2D eigenvalue weighted by Gasteiger charge is 2.23. The number of aromatic nitrogens is 1. The molecule has 0 bridgehead atoms. The van der Waals surface area contributed by atoms with Crippen LogP contribution in [0.15, 0.2) is 72.8 Å². The Morgan fingerprint density at radius 3 is 2.17 bits per heavy atom. The Morgan fingerprint density at radius 2 is 1.52 bits per heavy atom. The lowest BCUT2D eigenvalue weighted by Gasteiger charge is -2.20. The van der Waals surface area contributed by atoms with Gasteiger partial charge in [0.1, 0.15) is 21.7 Å². The van der Waals surface area contributed by atoms with E-state index in [0.717, 1.165) is 10.3 Å². The minimum Gasteiger partial charge on any atom is -0.495 e. The number of methoxy groups -OCH3 is 2. The molecule has 1 amide bonds. The molecule has 0 aliphatic carbocycles. The Bertz CT molecular complexity index is 1090. The summed E-state index contributed by atoms with van der Waals surface area (Å²) in [5, 5.41) is 0.598. The van der Waals surface area contributed by atoms with Gasteiger partial charge in [-0.25, -0.2) is 4.98 Å². The van der Waals surface area contributed by atoms with E-state index < -0.39 is 0 Å². The number of thiazole rings is 1. The summed E-state index contributed by atoms with van der Waals surface area (Å²) in [6, 6.07) is 22.8. The molecule has 1 heterocycles. The number of rotatable bonds is 6. The number of hydrogen-bond donors (Lipinski definition) is 0. The van der Waals surface area contributed by atoms with Crippen molar-refractivity contribution in [3.63, 3.8) is 0 Å². The van der Waals surface area contributed by atoms with Crippen molar-refractivity contribution >= 4 is 32.6 Å². The zero-order valence-electron chi connectivity index (χ0n) is 16.2. The first-order chi connectivity index (χ1) is 14.2. The molecule has 0 unspecified atom stereocenters. The molecule has 3 aromatic carbocycles. The van der Waals surface area contributed by atoms with E-state index in [1.165, 1.54) is 11.3 Å². The second-order valence-electron chi connectivity index (χ2n) is 6.39. The van der Waals surface area contributed by atoms with Gasteiger partial charge in [0.15, 0.2) is 5.13 Å². The van der Waals surface area contributed by atoms with Crippen LogP contribution in [0, 0.1) is 0 Å². The van der Waals surface area contributed by atoms with Gasteiger partial charge in [-0.15, -0.1) is 0 Å². The van der Waals surface area contributed by atoms with Gasteiger partial charge in [-0.2, -0.15) is 0 Å². The van der Waals surface area contributed by atoms with E-state index in [1.54, 1.807) is 19.1 Å². The average molecular weight is 404 g/mol. The molecule has 0 radical (unpaired) electrons. The van der Waals surface area contributed by atoms with Gasteiger partial charge in [-0.05, 0) is 29.8 Å². The van der Waals surface area contributed by atoms with Crippen LogP contribution < -0.4 is 14.4 Å². The Hall–Kier alpha value is -3.38.